The average Bonchev–Trinajstić information content (AvgIpc) is 3.33. The molecule has 278 valence electrons. The van der Waals surface area contributed by atoms with Crippen molar-refractivity contribution in [2.75, 3.05) is 0 Å². The topological polar surface area (TPSA) is 77.3 Å². The van der Waals surface area contributed by atoms with Crippen molar-refractivity contribution in [3.05, 3.63) is 194 Å². The van der Waals surface area contributed by atoms with E-state index >= 15 is 0 Å². The van der Waals surface area contributed by atoms with Crippen molar-refractivity contribution in [1.29, 1.82) is 0 Å². The molecule has 0 aliphatic rings. The fourth-order valence-corrected chi connectivity index (χ4v) is 8.27. The molecule has 12 aromatic rings. The molecule has 0 bridgehead atoms. The molecule has 6 nitrogen and oxygen atoms in total. The van der Waals surface area contributed by atoms with E-state index in [1.165, 1.54) is 0 Å². The first-order chi connectivity index (χ1) is 29.7. The standard InChI is InChI=1S/C54H32N6/c1-2-5-33(6-3-1)45-27-22-40-16-17-41-23-28-46(59-54(41)53(40)58-45)35-10-8-34(9-11-35)44-25-20-36-12-18-42(31-49(36)56-44)47-26-21-37-13-19-43(32-50(37)57-47)48-29-24-39-15-14-38-7-4-30-55-51(38)52(39)60-48/h1-32H. The van der Waals surface area contributed by atoms with Crippen molar-refractivity contribution in [3.8, 4) is 56.3 Å². The largest absolute Gasteiger partial charge is 0.254 e. The van der Waals surface area contributed by atoms with E-state index in [1.54, 1.807) is 0 Å². The van der Waals surface area contributed by atoms with Gasteiger partial charge in [0.2, 0.25) is 0 Å². The molecular formula is C54H32N6. The van der Waals surface area contributed by atoms with Crippen LogP contribution in [0.1, 0.15) is 0 Å². The lowest BCUT2D eigenvalue weighted by Gasteiger charge is -2.10. The van der Waals surface area contributed by atoms with E-state index in [1.807, 2.05) is 30.5 Å². The Balaban J connectivity index is 0.849. The third-order valence-corrected chi connectivity index (χ3v) is 11.5. The highest BCUT2D eigenvalue weighted by Crippen LogP contribution is 2.33. The van der Waals surface area contributed by atoms with Gasteiger partial charge in [-0.1, -0.05) is 140 Å². The predicted octanol–water partition coefficient (Wildman–Crippen LogP) is 13.3. The molecule has 12 rings (SSSR count). The van der Waals surface area contributed by atoms with E-state index in [2.05, 4.69) is 169 Å². The second-order valence-electron chi connectivity index (χ2n) is 15.2. The molecule has 0 radical (unpaired) electrons. The van der Waals surface area contributed by atoms with Crippen LogP contribution >= 0.6 is 0 Å². The summed E-state index contributed by atoms with van der Waals surface area (Å²) in [7, 11) is 0. The molecule has 6 heterocycles. The van der Waals surface area contributed by atoms with E-state index in [0.717, 1.165) is 122 Å². The summed E-state index contributed by atoms with van der Waals surface area (Å²) in [5.41, 5.74) is 15.1. The fourth-order valence-electron chi connectivity index (χ4n) is 8.27. The highest BCUT2D eigenvalue weighted by Gasteiger charge is 2.12. The molecule has 60 heavy (non-hydrogen) atoms. The van der Waals surface area contributed by atoms with Crippen LogP contribution in [-0.2, 0) is 0 Å². The van der Waals surface area contributed by atoms with Gasteiger partial charge in [-0.2, -0.15) is 0 Å². The molecule has 0 aliphatic carbocycles. The number of aromatic nitrogens is 6. The molecule has 0 saturated heterocycles. The fraction of sp³-hybridized carbons (Fsp3) is 0. The van der Waals surface area contributed by atoms with E-state index in [-0.39, 0.29) is 0 Å². The van der Waals surface area contributed by atoms with E-state index in [4.69, 9.17) is 24.9 Å². The van der Waals surface area contributed by atoms with Crippen LogP contribution in [-0.4, -0.2) is 29.9 Å². The summed E-state index contributed by atoms with van der Waals surface area (Å²) >= 11 is 0. The highest BCUT2D eigenvalue weighted by molar-refractivity contribution is 6.05. The first-order valence-corrected chi connectivity index (χ1v) is 20.0. The summed E-state index contributed by atoms with van der Waals surface area (Å²) in [4.78, 5) is 30.2. The van der Waals surface area contributed by atoms with Crippen molar-refractivity contribution in [1.82, 2.24) is 29.9 Å². The summed E-state index contributed by atoms with van der Waals surface area (Å²) in [5.74, 6) is 0. The Labute approximate surface area is 344 Å². The molecule has 0 amide bonds. The maximum absolute atomic E-state index is 5.16. The number of nitrogens with zero attached hydrogens (tertiary/aromatic N) is 6. The lowest BCUT2D eigenvalue weighted by molar-refractivity contribution is 1.36. The average molecular weight is 765 g/mol. The Bertz CT molecular complexity index is 3660. The van der Waals surface area contributed by atoms with Crippen LogP contribution in [0.2, 0.25) is 0 Å². The molecule has 0 spiro atoms. The highest BCUT2D eigenvalue weighted by atomic mass is 14.8. The molecule has 0 fully saturated rings. The Morgan fingerprint density at radius 1 is 0.233 bits per heavy atom. The summed E-state index contributed by atoms with van der Waals surface area (Å²) in [5, 5.41) is 6.42. The second-order valence-corrected chi connectivity index (χ2v) is 15.2. The van der Waals surface area contributed by atoms with Crippen molar-refractivity contribution >= 4 is 65.4 Å². The molecular weight excluding hydrogens is 733 g/mol. The molecule has 6 aromatic heterocycles. The van der Waals surface area contributed by atoms with Crippen molar-refractivity contribution in [2.45, 2.75) is 0 Å². The summed E-state index contributed by atoms with van der Waals surface area (Å²) in [6.45, 7) is 0. The number of hydrogen-bond acceptors (Lipinski definition) is 6. The van der Waals surface area contributed by atoms with Crippen molar-refractivity contribution in [3.63, 3.8) is 0 Å². The lowest BCUT2D eigenvalue weighted by Crippen LogP contribution is -1.91. The lowest BCUT2D eigenvalue weighted by atomic mass is 10.0. The van der Waals surface area contributed by atoms with Crippen LogP contribution < -0.4 is 0 Å². The van der Waals surface area contributed by atoms with Gasteiger partial charge in [-0.25, -0.2) is 24.9 Å². The first kappa shape index (κ1) is 33.9. The van der Waals surface area contributed by atoms with Gasteiger partial charge in [-0.15, -0.1) is 0 Å². The Kier molecular flexibility index (Phi) is 7.74. The maximum Gasteiger partial charge on any atom is 0.0972 e. The normalized spacial score (nSPS) is 11.7. The minimum atomic E-state index is 0.891. The molecule has 0 N–H and O–H groups in total. The predicted molar refractivity (Wildman–Crippen MR) is 245 cm³/mol. The van der Waals surface area contributed by atoms with Crippen LogP contribution in [0.5, 0.6) is 0 Å². The Morgan fingerprint density at radius 3 is 1.10 bits per heavy atom. The maximum atomic E-state index is 5.16. The zero-order chi connectivity index (χ0) is 39.6. The van der Waals surface area contributed by atoms with Crippen LogP contribution in [0.25, 0.3) is 122 Å². The number of hydrogen-bond donors (Lipinski definition) is 0. The van der Waals surface area contributed by atoms with E-state index < -0.39 is 0 Å². The van der Waals surface area contributed by atoms with Gasteiger partial charge >= 0.3 is 0 Å². The van der Waals surface area contributed by atoms with Gasteiger partial charge in [-0.05, 0) is 48.5 Å². The number of rotatable bonds is 5. The van der Waals surface area contributed by atoms with E-state index in [9.17, 15) is 0 Å². The molecule has 6 heteroatoms. The molecule has 0 saturated carbocycles. The third kappa shape index (κ3) is 5.89. The Hall–Kier alpha value is -8.22. The van der Waals surface area contributed by atoms with Gasteiger partial charge in [-0.3, -0.25) is 4.98 Å². The van der Waals surface area contributed by atoms with Gasteiger partial charge in [0.25, 0.3) is 0 Å². The smallest absolute Gasteiger partial charge is 0.0972 e. The minimum absolute atomic E-state index is 0.891. The van der Waals surface area contributed by atoms with Gasteiger partial charge < -0.3 is 0 Å². The summed E-state index contributed by atoms with van der Waals surface area (Å²) < 4.78 is 0. The zero-order valence-corrected chi connectivity index (χ0v) is 32.2. The van der Waals surface area contributed by atoms with Gasteiger partial charge in [0, 0.05) is 66.3 Å². The van der Waals surface area contributed by atoms with Crippen LogP contribution in [0, 0.1) is 0 Å². The van der Waals surface area contributed by atoms with Gasteiger partial charge in [0.15, 0.2) is 0 Å². The number of benzene rings is 6. The summed E-state index contributed by atoms with van der Waals surface area (Å²) in [6.07, 6.45) is 1.82. The third-order valence-electron chi connectivity index (χ3n) is 11.5. The second kappa shape index (κ2) is 13.7. The quantitative estimate of drug-likeness (QED) is 0.162. The van der Waals surface area contributed by atoms with Crippen molar-refractivity contribution < 1.29 is 0 Å². The minimum Gasteiger partial charge on any atom is -0.254 e. The molecule has 0 atom stereocenters. The SMILES string of the molecule is c1ccc(-c2ccc3ccc4ccc(-c5ccc(-c6ccc7ccc(-c8ccc9ccc(-c%10ccc%11ccc%12cccnc%12c%11n%10)cc9n8)cc7n6)cc5)nc4c3n2)cc1. The number of fused-ring (bicyclic) bond motifs is 8. The van der Waals surface area contributed by atoms with Gasteiger partial charge in [0.05, 0.1) is 61.6 Å². The molecule has 6 aromatic carbocycles. The van der Waals surface area contributed by atoms with Gasteiger partial charge in [0.1, 0.15) is 0 Å². The number of pyridine rings is 6. The van der Waals surface area contributed by atoms with Crippen LogP contribution in [0.15, 0.2) is 194 Å². The van der Waals surface area contributed by atoms with Crippen molar-refractivity contribution in [2.24, 2.45) is 0 Å². The monoisotopic (exact) mass is 764 g/mol. The Morgan fingerprint density at radius 2 is 0.583 bits per heavy atom. The van der Waals surface area contributed by atoms with Crippen LogP contribution in [0.3, 0.4) is 0 Å². The molecule has 0 aliphatic heterocycles. The zero-order valence-electron chi connectivity index (χ0n) is 32.2. The molecule has 0 unspecified atom stereocenters. The first-order valence-electron chi connectivity index (χ1n) is 20.0. The van der Waals surface area contributed by atoms with Crippen LogP contribution in [0.4, 0.5) is 0 Å². The summed E-state index contributed by atoms with van der Waals surface area (Å²) in [6, 6.07) is 65.0. The van der Waals surface area contributed by atoms with E-state index in [0.29, 0.717) is 0 Å².